The molecule has 0 atom stereocenters. The van der Waals surface area contributed by atoms with E-state index >= 15 is 0 Å². The quantitative estimate of drug-likeness (QED) is 0.811. The van der Waals surface area contributed by atoms with Crippen LogP contribution in [0, 0.1) is 5.41 Å². The highest BCUT2D eigenvalue weighted by molar-refractivity contribution is 7.91. The molecule has 9 heteroatoms. The lowest BCUT2D eigenvalue weighted by Crippen LogP contribution is -2.35. The van der Waals surface area contributed by atoms with E-state index in [1.54, 1.807) is 0 Å². The van der Waals surface area contributed by atoms with Crippen molar-refractivity contribution in [1.29, 1.82) is 0 Å². The molecule has 1 amide bonds. The van der Waals surface area contributed by atoms with Gasteiger partial charge in [0.25, 0.3) is 10.0 Å². The summed E-state index contributed by atoms with van der Waals surface area (Å²) in [4.78, 5) is 12.2. The average Bonchev–Trinajstić information content (AvgIpc) is 2.78. The van der Waals surface area contributed by atoms with E-state index in [9.17, 15) is 13.2 Å². The van der Waals surface area contributed by atoms with Gasteiger partial charge in [0.1, 0.15) is 0 Å². The number of nitrogens with one attached hydrogen (secondary N) is 1. The lowest BCUT2D eigenvalue weighted by molar-refractivity contribution is -0.126. The molecule has 0 aromatic carbocycles. The van der Waals surface area contributed by atoms with E-state index in [2.05, 4.69) is 15.5 Å². The van der Waals surface area contributed by atoms with Crippen molar-refractivity contribution in [1.82, 2.24) is 10.2 Å². The maximum Gasteiger partial charge on any atom is 0.267 e. The Morgan fingerprint density at radius 2 is 1.95 bits per heavy atom. The molecule has 0 unspecified atom stereocenters. The molecule has 0 bridgehead atoms. The number of nitrogens with two attached hydrogens (primary N) is 1. The third kappa shape index (κ3) is 3.28. The predicted molar refractivity (Wildman–Crippen MR) is 71.1 cm³/mol. The minimum absolute atomic E-state index is 0.135. The van der Waals surface area contributed by atoms with E-state index < -0.39 is 15.4 Å². The van der Waals surface area contributed by atoms with Crippen LogP contribution in [0.5, 0.6) is 0 Å². The summed E-state index contributed by atoms with van der Waals surface area (Å²) in [6.07, 6.45) is 4.88. The second-order valence-corrected chi connectivity index (χ2v) is 7.71. The summed E-state index contributed by atoms with van der Waals surface area (Å²) < 4.78 is 21.8. The minimum Gasteiger partial charge on any atom is -0.300 e. The standard InChI is InChI=1S/C10H16N4O3S2/c1-10(5-3-2-4-6-10)7(15)12-8-13-14-9(18-8)19(11,16)17/h2-6H2,1H3,(H2,11,16,17)(H,12,13,15). The highest BCUT2D eigenvalue weighted by atomic mass is 32.2. The molecule has 1 aliphatic rings. The van der Waals surface area contributed by atoms with Gasteiger partial charge in [-0.1, -0.05) is 37.5 Å². The summed E-state index contributed by atoms with van der Waals surface area (Å²) in [5.74, 6) is -0.135. The van der Waals surface area contributed by atoms with Crippen LogP contribution in [-0.2, 0) is 14.8 Å². The maximum atomic E-state index is 12.2. The number of nitrogens with zero attached hydrogens (tertiary/aromatic N) is 2. The topological polar surface area (TPSA) is 115 Å². The fourth-order valence-electron chi connectivity index (χ4n) is 2.18. The SMILES string of the molecule is CC1(C(=O)Nc2nnc(S(N)(=O)=O)s2)CCCCC1. The molecule has 1 aromatic heterocycles. The third-order valence-electron chi connectivity index (χ3n) is 3.38. The number of carbonyl (C=O) groups is 1. The van der Waals surface area contributed by atoms with E-state index in [4.69, 9.17) is 5.14 Å². The Hall–Kier alpha value is -1.06. The summed E-state index contributed by atoms with van der Waals surface area (Å²) in [5.41, 5.74) is -0.411. The molecular weight excluding hydrogens is 288 g/mol. The Balaban J connectivity index is 2.09. The number of aromatic nitrogens is 2. The first-order valence-corrected chi connectivity index (χ1v) is 8.35. The second kappa shape index (κ2) is 5.14. The van der Waals surface area contributed by atoms with Gasteiger partial charge in [-0.3, -0.25) is 4.79 Å². The van der Waals surface area contributed by atoms with Gasteiger partial charge >= 0.3 is 0 Å². The molecular formula is C10H16N4O3S2. The van der Waals surface area contributed by atoms with E-state index in [-0.39, 0.29) is 15.4 Å². The van der Waals surface area contributed by atoms with Crippen molar-refractivity contribution in [3.05, 3.63) is 0 Å². The molecule has 1 aromatic rings. The van der Waals surface area contributed by atoms with Gasteiger partial charge < -0.3 is 5.32 Å². The zero-order chi connectivity index (χ0) is 14.1. The van der Waals surface area contributed by atoms with Crippen molar-refractivity contribution in [2.45, 2.75) is 43.4 Å². The zero-order valence-corrected chi connectivity index (χ0v) is 12.2. The van der Waals surface area contributed by atoms with E-state index in [0.717, 1.165) is 43.4 Å². The smallest absolute Gasteiger partial charge is 0.267 e. The lowest BCUT2D eigenvalue weighted by Gasteiger charge is -2.31. The molecule has 106 valence electrons. The van der Waals surface area contributed by atoms with Gasteiger partial charge in [0, 0.05) is 5.41 Å². The molecule has 1 saturated carbocycles. The molecule has 1 aliphatic carbocycles. The molecule has 1 heterocycles. The normalized spacial score (nSPS) is 19.1. The van der Waals surface area contributed by atoms with Crippen LogP contribution in [0.1, 0.15) is 39.0 Å². The van der Waals surface area contributed by atoms with Crippen LogP contribution in [-0.4, -0.2) is 24.5 Å². The van der Waals surface area contributed by atoms with Crippen LogP contribution in [0.3, 0.4) is 0 Å². The number of hydrogen-bond acceptors (Lipinski definition) is 6. The van der Waals surface area contributed by atoms with Crippen LogP contribution in [0.25, 0.3) is 0 Å². The van der Waals surface area contributed by atoms with Crippen molar-refractivity contribution in [3.63, 3.8) is 0 Å². The Morgan fingerprint density at radius 1 is 1.32 bits per heavy atom. The van der Waals surface area contributed by atoms with E-state index in [0.29, 0.717) is 0 Å². The first kappa shape index (κ1) is 14.4. The number of hydrogen-bond donors (Lipinski definition) is 2. The van der Waals surface area contributed by atoms with Crippen LogP contribution in [0.15, 0.2) is 4.34 Å². The van der Waals surface area contributed by atoms with E-state index in [1.807, 2.05) is 6.92 Å². The fourth-order valence-corrected chi connectivity index (χ4v) is 3.51. The summed E-state index contributed by atoms with van der Waals surface area (Å²) >= 11 is 0.764. The number of amides is 1. The van der Waals surface area contributed by atoms with Gasteiger partial charge in [0.05, 0.1) is 0 Å². The molecule has 0 aliphatic heterocycles. The van der Waals surface area contributed by atoms with Gasteiger partial charge in [0.2, 0.25) is 15.4 Å². The summed E-state index contributed by atoms with van der Waals surface area (Å²) in [6, 6.07) is 0. The molecule has 19 heavy (non-hydrogen) atoms. The first-order valence-electron chi connectivity index (χ1n) is 5.99. The van der Waals surface area contributed by atoms with Gasteiger partial charge in [-0.2, -0.15) is 0 Å². The number of sulfonamides is 1. The monoisotopic (exact) mass is 304 g/mol. The summed E-state index contributed by atoms with van der Waals surface area (Å²) in [6.45, 7) is 1.92. The van der Waals surface area contributed by atoms with Crippen molar-refractivity contribution >= 4 is 32.4 Å². The van der Waals surface area contributed by atoms with E-state index in [1.165, 1.54) is 0 Å². The Labute approximate surface area is 115 Å². The third-order valence-corrected chi connectivity index (χ3v) is 5.52. The van der Waals surface area contributed by atoms with Crippen LogP contribution in [0.4, 0.5) is 5.13 Å². The van der Waals surface area contributed by atoms with Crippen molar-refractivity contribution in [3.8, 4) is 0 Å². The predicted octanol–water partition coefficient (Wildman–Crippen LogP) is 1.09. The number of anilines is 1. The van der Waals surface area contributed by atoms with Gasteiger partial charge in [-0.05, 0) is 12.8 Å². The second-order valence-electron chi connectivity index (χ2n) is 4.99. The Bertz CT molecular complexity index is 575. The molecule has 7 nitrogen and oxygen atoms in total. The molecule has 0 radical (unpaired) electrons. The maximum absolute atomic E-state index is 12.2. The van der Waals surface area contributed by atoms with Crippen LogP contribution < -0.4 is 10.5 Å². The molecule has 2 rings (SSSR count). The molecule has 0 saturated heterocycles. The Kier molecular flexibility index (Phi) is 3.88. The summed E-state index contributed by atoms with van der Waals surface area (Å²) in [7, 11) is -3.86. The lowest BCUT2D eigenvalue weighted by atomic mass is 9.75. The van der Waals surface area contributed by atoms with Crippen molar-refractivity contribution in [2.24, 2.45) is 10.6 Å². The number of carbonyl (C=O) groups excluding carboxylic acids is 1. The Morgan fingerprint density at radius 3 is 2.47 bits per heavy atom. The largest absolute Gasteiger partial charge is 0.300 e. The zero-order valence-electron chi connectivity index (χ0n) is 10.5. The number of rotatable bonds is 3. The molecule has 0 spiro atoms. The first-order chi connectivity index (χ1) is 8.81. The fraction of sp³-hybridized carbons (Fsp3) is 0.700. The molecule has 3 N–H and O–H groups in total. The minimum atomic E-state index is -3.86. The average molecular weight is 304 g/mol. The highest BCUT2D eigenvalue weighted by Crippen LogP contribution is 2.37. The van der Waals surface area contributed by atoms with Gasteiger partial charge in [-0.25, -0.2) is 13.6 Å². The summed E-state index contributed by atoms with van der Waals surface area (Å²) in [5, 5.41) is 14.8. The highest BCUT2D eigenvalue weighted by Gasteiger charge is 2.35. The van der Waals surface area contributed by atoms with Crippen molar-refractivity contribution < 1.29 is 13.2 Å². The van der Waals surface area contributed by atoms with Crippen LogP contribution in [0.2, 0.25) is 0 Å². The van der Waals surface area contributed by atoms with Gasteiger partial charge in [0.15, 0.2) is 0 Å². The number of primary sulfonamides is 1. The molecule has 1 fully saturated rings. The van der Waals surface area contributed by atoms with Crippen LogP contribution >= 0.6 is 11.3 Å². The van der Waals surface area contributed by atoms with Gasteiger partial charge in [-0.15, -0.1) is 10.2 Å². The van der Waals surface area contributed by atoms with Crippen molar-refractivity contribution in [2.75, 3.05) is 5.32 Å².